The van der Waals surface area contributed by atoms with Gasteiger partial charge in [0.15, 0.2) is 0 Å². The summed E-state index contributed by atoms with van der Waals surface area (Å²) in [5.74, 6) is 0. The zero-order valence-corrected chi connectivity index (χ0v) is 40.8. The van der Waals surface area contributed by atoms with E-state index >= 15 is 0 Å². The highest BCUT2D eigenvalue weighted by atomic mass is 16.3. The first-order chi connectivity index (χ1) is 34.6. The first kappa shape index (κ1) is 42.6. The van der Waals surface area contributed by atoms with Crippen LogP contribution in [0.3, 0.4) is 0 Å². The third kappa shape index (κ3) is 7.08. The predicted molar refractivity (Wildman–Crippen MR) is 301 cm³/mol. The summed E-state index contributed by atoms with van der Waals surface area (Å²) >= 11 is 0. The molecule has 0 unspecified atom stereocenters. The van der Waals surface area contributed by atoms with Crippen LogP contribution in [0.4, 0.5) is 17.1 Å². The van der Waals surface area contributed by atoms with Crippen LogP contribution in [0.15, 0.2) is 235 Å². The number of nitrogens with zero attached hydrogens (tertiary/aromatic N) is 1. The Morgan fingerprint density at radius 3 is 1.72 bits per heavy atom. The predicted octanol–water partition coefficient (Wildman–Crippen LogP) is 19.6. The molecular weight excluding hydrogens is 859 g/mol. The van der Waals surface area contributed by atoms with Crippen molar-refractivity contribution in [3.05, 3.63) is 247 Å². The largest absolute Gasteiger partial charge is 0.455 e. The minimum atomic E-state index is -0.175. The molecule has 0 aliphatic heterocycles. The highest BCUT2D eigenvalue weighted by Crippen LogP contribution is 2.54. The van der Waals surface area contributed by atoms with E-state index in [0.717, 1.165) is 72.2 Å². The van der Waals surface area contributed by atoms with Gasteiger partial charge in [0.1, 0.15) is 11.2 Å². The first-order valence-electron chi connectivity index (χ1n) is 24.9. The van der Waals surface area contributed by atoms with E-state index < -0.39 is 0 Å². The van der Waals surface area contributed by atoms with Gasteiger partial charge in [0.05, 0.1) is 11.4 Å². The molecule has 0 saturated carbocycles. The highest BCUT2D eigenvalue weighted by molar-refractivity contribution is 6.15. The molecule has 11 aromatic carbocycles. The Morgan fingerprint density at radius 1 is 0.380 bits per heavy atom. The Kier molecular flexibility index (Phi) is 9.80. The SMILES string of the molecule is CC(C)(C)c1ccc(-c2ccc(-c3ccc(N(c4ccc5c(c4)-c4cc6ccccc6cc4C5(C)C)c4ccc5ccccc5c4-c4cccc5c4oc4ccccc45)c(-c4ccccc4)c3)cc2)cc1. The van der Waals surface area contributed by atoms with Gasteiger partial charge in [0.2, 0.25) is 0 Å². The van der Waals surface area contributed by atoms with Gasteiger partial charge >= 0.3 is 0 Å². The molecule has 0 fully saturated rings. The lowest BCUT2D eigenvalue weighted by Gasteiger charge is -2.31. The van der Waals surface area contributed by atoms with Crippen LogP contribution in [0.25, 0.3) is 99.1 Å². The minimum absolute atomic E-state index is 0.108. The van der Waals surface area contributed by atoms with Crippen LogP contribution in [0.5, 0.6) is 0 Å². The number of anilines is 3. The maximum absolute atomic E-state index is 6.89. The summed E-state index contributed by atoms with van der Waals surface area (Å²) in [5, 5.41) is 7.07. The Balaban J connectivity index is 1.06. The molecule has 12 aromatic rings. The van der Waals surface area contributed by atoms with Gasteiger partial charge in [0, 0.05) is 38.6 Å². The average molecular weight is 912 g/mol. The van der Waals surface area contributed by atoms with Gasteiger partial charge in [-0.2, -0.15) is 0 Å². The van der Waals surface area contributed by atoms with Crippen LogP contribution < -0.4 is 4.90 Å². The van der Waals surface area contributed by atoms with Crippen LogP contribution in [0.2, 0.25) is 0 Å². The highest BCUT2D eigenvalue weighted by Gasteiger charge is 2.37. The Labute approximate surface area is 416 Å². The summed E-state index contributed by atoms with van der Waals surface area (Å²) in [4.78, 5) is 2.52. The van der Waals surface area contributed by atoms with E-state index in [1.165, 1.54) is 60.7 Å². The third-order valence-corrected chi connectivity index (χ3v) is 15.2. The summed E-state index contributed by atoms with van der Waals surface area (Å²) in [7, 11) is 0. The molecule has 0 bridgehead atoms. The molecule has 0 N–H and O–H groups in total. The minimum Gasteiger partial charge on any atom is -0.455 e. The van der Waals surface area contributed by atoms with Gasteiger partial charge in [-0.15, -0.1) is 0 Å². The smallest absolute Gasteiger partial charge is 0.143 e. The fraction of sp³-hybridized carbons (Fsp3) is 0.101. The second kappa shape index (κ2) is 16.3. The van der Waals surface area contributed by atoms with Crippen LogP contribution in [-0.2, 0) is 10.8 Å². The van der Waals surface area contributed by atoms with Crippen LogP contribution in [-0.4, -0.2) is 0 Å². The lowest BCUT2D eigenvalue weighted by molar-refractivity contribution is 0.590. The van der Waals surface area contributed by atoms with Gasteiger partial charge in [-0.3, -0.25) is 0 Å². The molecule has 1 aliphatic rings. The fourth-order valence-corrected chi connectivity index (χ4v) is 11.4. The summed E-state index contributed by atoms with van der Waals surface area (Å²) in [6.45, 7) is 11.5. The van der Waals surface area contributed by atoms with E-state index in [2.05, 4.69) is 270 Å². The molecule has 0 atom stereocenters. The lowest BCUT2D eigenvalue weighted by atomic mass is 9.82. The van der Waals surface area contributed by atoms with Crippen molar-refractivity contribution in [2.24, 2.45) is 0 Å². The maximum atomic E-state index is 6.89. The van der Waals surface area contributed by atoms with E-state index in [1.54, 1.807) is 0 Å². The van der Waals surface area contributed by atoms with Gasteiger partial charge in [-0.25, -0.2) is 0 Å². The van der Waals surface area contributed by atoms with Gasteiger partial charge in [-0.1, -0.05) is 217 Å². The topological polar surface area (TPSA) is 16.4 Å². The molecule has 71 heavy (non-hydrogen) atoms. The van der Waals surface area contributed by atoms with Gasteiger partial charge < -0.3 is 9.32 Å². The van der Waals surface area contributed by atoms with E-state index in [9.17, 15) is 0 Å². The van der Waals surface area contributed by atoms with Crippen molar-refractivity contribution in [1.29, 1.82) is 0 Å². The zero-order valence-electron chi connectivity index (χ0n) is 40.8. The van der Waals surface area contributed by atoms with Crippen molar-refractivity contribution < 1.29 is 4.42 Å². The molecule has 340 valence electrons. The maximum Gasteiger partial charge on any atom is 0.143 e. The molecule has 0 amide bonds. The third-order valence-electron chi connectivity index (χ3n) is 15.2. The normalized spacial score (nSPS) is 13.0. The first-order valence-corrected chi connectivity index (χ1v) is 24.9. The van der Waals surface area contributed by atoms with Crippen molar-refractivity contribution in [1.82, 2.24) is 0 Å². The Bertz CT molecular complexity index is 4040. The van der Waals surface area contributed by atoms with Crippen LogP contribution in [0, 0.1) is 0 Å². The summed E-state index contributed by atoms with van der Waals surface area (Å²) in [5.41, 5.74) is 20.7. The summed E-state index contributed by atoms with van der Waals surface area (Å²) < 4.78 is 6.89. The Morgan fingerprint density at radius 2 is 0.972 bits per heavy atom. The number of para-hydroxylation sites is 2. The molecule has 1 aliphatic carbocycles. The van der Waals surface area contributed by atoms with Crippen LogP contribution in [0.1, 0.15) is 51.3 Å². The number of hydrogen-bond acceptors (Lipinski definition) is 2. The zero-order chi connectivity index (χ0) is 48.0. The molecule has 1 heterocycles. The molecule has 2 nitrogen and oxygen atoms in total. The van der Waals surface area contributed by atoms with Crippen molar-refractivity contribution in [2.45, 2.75) is 45.4 Å². The van der Waals surface area contributed by atoms with Gasteiger partial charge in [-0.05, 0) is 131 Å². The standard InChI is InChI=1S/C69H53NO/c1-68(2,3)52-34-30-45(31-35-52)44-26-28-46(29-27-44)51-33-38-63(58(40-51)47-16-7-6-8-17-47)70(53-36-37-61-60(43-53)59-41-49-19-9-10-20-50(49)42-62(59)69(61,4)5)64-39-32-48-18-11-12-21-54(48)66(64)57-24-15-23-56-55-22-13-14-25-65(55)71-67(56)57/h6-43H,1-5H3. The number of benzene rings is 11. The number of hydrogen-bond donors (Lipinski definition) is 0. The second-order valence-corrected chi connectivity index (χ2v) is 20.9. The monoisotopic (exact) mass is 911 g/mol. The average Bonchev–Trinajstić information content (AvgIpc) is 3.89. The summed E-state index contributed by atoms with van der Waals surface area (Å²) in [6, 6.07) is 85.2. The molecule has 0 radical (unpaired) electrons. The lowest BCUT2D eigenvalue weighted by Crippen LogP contribution is -2.16. The molecule has 0 saturated heterocycles. The second-order valence-electron chi connectivity index (χ2n) is 20.9. The van der Waals surface area contributed by atoms with Gasteiger partial charge in [0.25, 0.3) is 0 Å². The van der Waals surface area contributed by atoms with Crippen LogP contribution >= 0.6 is 0 Å². The summed E-state index contributed by atoms with van der Waals surface area (Å²) in [6.07, 6.45) is 0. The number of furan rings is 1. The molecule has 0 spiro atoms. The fourth-order valence-electron chi connectivity index (χ4n) is 11.4. The molecule has 2 heteroatoms. The quantitative estimate of drug-likeness (QED) is 0.158. The molecular formula is C69H53NO. The van der Waals surface area contributed by atoms with E-state index in [1.807, 2.05) is 0 Å². The number of rotatable bonds is 7. The van der Waals surface area contributed by atoms with E-state index in [-0.39, 0.29) is 10.8 Å². The molecule has 13 rings (SSSR count). The van der Waals surface area contributed by atoms with Crippen molar-refractivity contribution in [3.8, 4) is 55.6 Å². The van der Waals surface area contributed by atoms with E-state index in [4.69, 9.17) is 4.42 Å². The number of fused-ring (bicyclic) bond motifs is 8. The van der Waals surface area contributed by atoms with Crippen molar-refractivity contribution in [2.75, 3.05) is 4.90 Å². The van der Waals surface area contributed by atoms with E-state index in [0.29, 0.717) is 0 Å². The molecule has 1 aromatic heterocycles. The van der Waals surface area contributed by atoms with Crippen molar-refractivity contribution >= 4 is 60.5 Å². The Hall–Kier alpha value is -8.46. The van der Waals surface area contributed by atoms with Crippen molar-refractivity contribution in [3.63, 3.8) is 0 Å².